The van der Waals surface area contributed by atoms with Crippen molar-refractivity contribution in [2.24, 2.45) is 0 Å². The van der Waals surface area contributed by atoms with E-state index in [1.807, 2.05) is 0 Å². The molecule has 1 aromatic carbocycles. The SMILES string of the molecule is Cc1ccc(N2CCN(CCCc3n[nH]c4c3COCC4)CC2)cc1. The summed E-state index contributed by atoms with van der Waals surface area (Å²) in [6.45, 7) is 9.39. The molecule has 0 radical (unpaired) electrons. The zero-order valence-corrected chi connectivity index (χ0v) is 15.1. The summed E-state index contributed by atoms with van der Waals surface area (Å²) in [5.74, 6) is 0. The fraction of sp³-hybridized carbons (Fsp3) is 0.550. The number of rotatable bonds is 5. The van der Waals surface area contributed by atoms with Crippen molar-refractivity contribution in [1.29, 1.82) is 0 Å². The third-order valence-electron chi connectivity index (χ3n) is 5.44. The highest BCUT2D eigenvalue weighted by Gasteiger charge is 2.19. The number of ether oxygens (including phenoxy) is 1. The molecule has 2 aliphatic rings. The normalized spacial score (nSPS) is 18.4. The average Bonchev–Trinajstić information content (AvgIpc) is 3.06. The Morgan fingerprint density at radius 1 is 1.12 bits per heavy atom. The van der Waals surface area contributed by atoms with Crippen molar-refractivity contribution < 1.29 is 4.74 Å². The minimum absolute atomic E-state index is 0.733. The molecule has 5 nitrogen and oxygen atoms in total. The fourth-order valence-electron chi connectivity index (χ4n) is 3.83. The van der Waals surface area contributed by atoms with Gasteiger partial charge in [-0.05, 0) is 38.4 Å². The van der Waals surface area contributed by atoms with Crippen LogP contribution >= 0.6 is 0 Å². The number of fused-ring (bicyclic) bond motifs is 1. The van der Waals surface area contributed by atoms with Crippen LogP contribution in [0.2, 0.25) is 0 Å². The number of hydrogen-bond acceptors (Lipinski definition) is 4. The molecule has 134 valence electrons. The molecule has 4 rings (SSSR count). The van der Waals surface area contributed by atoms with E-state index in [0.717, 1.165) is 58.8 Å². The topological polar surface area (TPSA) is 44.4 Å². The van der Waals surface area contributed by atoms with Gasteiger partial charge in [0.25, 0.3) is 0 Å². The predicted octanol–water partition coefficient (Wildman–Crippen LogP) is 2.55. The van der Waals surface area contributed by atoms with Crippen LogP contribution in [0.4, 0.5) is 5.69 Å². The van der Waals surface area contributed by atoms with Gasteiger partial charge in [-0.1, -0.05) is 17.7 Å². The van der Waals surface area contributed by atoms with Crippen molar-refractivity contribution in [2.45, 2.75) is 32.8 Å². The summed E-state index contributed by atoms with van der Waals surface area (Å²) in [7, 11) is 0. The molecule has 2 aromatic rings. The number of nitrogens with zero attached hydrogens (tertiary/aromatic N) is 3. The van der Waals surface area contributed by atoms with Crippen LogP contribution in [-0.2, 0) is 24.2 Å². The van der Waals surface area contributed by atoms with Crippen LogP contribution in [0.15, 0.2) is 24.3 Å². The zero-order chi connectivity index (χ0) is 17.1. The smallest absolute Gasteiger partial charge is 0.0753 e. The lowest BCUT2D eigenvalue weighted by molar-refractivity contribution is 0.109. The summed E-state index contributed by atoms with van der Waals surface area (Å²) in [6, 6.07) is 8.90. The van der Waals surface area contributed by atoms with Crippen LogP contribution in [0.3, 0.4) is 0 Å². The molecule has 5 heteroatoms. The standard InChI is InChI=1S/C20H28N4O/c1-16-4-6-17(7-5-16)24-12-10-23(11-13-24)9-2-3-19-18-15-25-14-8-20(18)22-21-19/h4-7H,2-3,8-15H2,1H3,(H,21,22). The second-order valence-electron chi connectivity index (χ2n) is 7.20. The number of aromatic nitrogens is 2. The molecule has 1 N–H and O–H groups in total. The number of benzene rings is 1. The number of aromatic amines is 1. The van der Waals surface area contributed by atoms with Gasteiger partial charge in [-0.25, -0.2) is 0 Å². The minimum atomic E-state index is 0.733. The third-order valence-corrected chi connectivity index (χ3v) is 5.44. The van der Waals surface area contributed by atoms with Crippen LogP contribution in [0.1, 0.15) is 28.9 Å². The van der Waals surface area contributed by atoms with E-state index in [2.05, 4.69) is 51.2 Å². The highest BCUT2D eigenvalue weighted by Crippen LogP contribution is 2.20. The van der Waals surface area contributed by atoms with E-state index >= 15 is 0 Å². The number of hydrogen-bond donors (Lipinski definition) is 1. The first-order chi connectivity index (χ1) is 12.3. The number of anilines is 1. The van der Waals surface area contributed by atoms with Crippen LogP contribution < -0.4 is 4.90 Å². The number of piperazine rings is 1. The molecule has 0 saturated carbocycles. The van der Waals surface area contributed by atoms with Crippen molar-refractivity contribution in [1.82, 2.24) is 15.1 Å². The molecule has 1 fully saturated rings. The van der Waals surface area contributed by atoms with E-state index in [9.17, 15) is 0 Å². The average molecular weight is 340 g/mol. The van der Waals surface area contributed by atoms with Gasteiger partial charge in [0.2, 0.25) is 0 Å². The highest BCUT2D eigenvalue weighted by molar-refractivity contribution is 5.47. The molecule has 1 saturated heterocycles. The van der Waals surface area contributed by atoms with Gasteiger partial charge in [0.05, 0.1) is 18.9 Å². The van der Waals surface area contributed by atoms with Gasteiger partial charge in [-0.3, -0.25) is 10.00 Å². The van der Waals surface area contributed by atoms with E-state index < -0.39 is 0 Å². The van der Waals surface area contributed by atoms with Crippen molar-refractivity contribution in [3.8, 4) is 0 Å². The van der Waals surface area contributed by atoms with Gasteiger partial charge in [0, 0.05) is 49.5 Å². The Balaban J connectivity index is 1.23. The number of H-pyrrole nitrogens is 1. The van der Waals surface area contributed by atoms with Crippen LogP contribution in [0, 0.1) is 6.92 Å². The first-order valence-electron chi connectivity index (χ1n) is 9.46. The monoisotopic (exact) mass is 340 g/mol. The van der Waals surface area contributed by atoms with Gasteiger partial charge >= 0.3 is 0 Å². The van der Waals surface area contributed by atoms with E-state index in [1.54, 1.807) is 0 Å². The zero-order valence-electron chi connectivity index (χ0n) is 15.1. The summed E-state index contributed by atoms with van der Waals surface area (Å²) in [5, 5.41) is 7.70. The highest BCUT2D eigenvalue weighted by atomic mass is 16.5. The molecule has 3 heterocycles. The Hall–Kier alpha value is -1.85. The largest absolute Gasteiger partial charge is 0.376 e. The Morgan fingerprint density at radius 3 is 2.72 bits per heavy atom. The first-order valence-corrected chi connectivity index (χ1v) is 9.46. The molecule has 1 aromatic heterocycles. The summed E-state index contributed by atoms with van der Waals surface area (Å²) in [5.41, 5.74) is 6.50. The summed E-state index contributed by atoms with van der Waals surface area (Å²) in [6.07, 6.45) is 3.19. The van der Waals surface area contributed by atoms with Crippen molar-refractivity contribution in [3.05, 3.63) is 46.8 Å². The van der Waals surface area contributed by atoms with Gasteiger partial charge < -0.3 is 9.64 Å². The van der Waals surface area contributed by atoms with Crippen molar-refractivity contribution in [3.63, 3.8) is 0 Å². The quantitative estimate of drug-likeness (QED) is 0.908. The Labute approximate surface area is 150 Å². The lowest BCUT2D eigenvalue weighted by Crippen LogP contribution is -2.46. The Morgan fingerprint density at radius 2 is 1.92 bits per heavy atom. The van der Waals surface area contributed by atoms with Gasteiger partial charge in [-0.2, -0.15) is 5.10 Å². The maximum Gasteiger partial charge on any atom is 0.0753 e. The molecule has 0 bridgehead atoms. The number of nitrogens with one attached hydrogen (secondary N) is 1. The second-order valence-corrected chi connectivity index (χ2v) is 7.20. The molecule has 0 atom stereocenters. The Kier molecular flexibility index (Phi) is 5.04. The molecular weight excluding hydrogens is 312 g/mol. The van der Waals surface area contributed by atoms with Crippen LogP contribution in [0.25, 0.3) is 0 Å². The lowest BCUT2D eigenvalue weighted by atomic mass is 10.1. The maximum absolute atomic E-state index is 5.58. The molecule has 2 aliphatic heterocycles. The van der Waals surface area contributed by atoms with E-state index in [4.69, 9.17) is 4.74 Å². The van der Waals surface area contributed by atoms with Gasteiger partial charge in [0.15, 0.2) is 0 Å². The third kappa shape index (κ3) is 3.88. The van der Waals surface area contributed by atoms with Crippen molar-refractivity contribution in [2.75, 3.05) is 44.2 Å². The minimum Gasteiger partial charge on any atom is -0.376 e. The molecule has 0 spiro atoms. The van der Waals surface area contributed by atoms with Gasteiger partial charge in [-0.15, -0.1) is 0 Å². The molecule has 25 heavy (non-hydrogen) atoms. The summed E-state index contributed by atoms with van der Waals surface area (Å²) in [4.78, 5) is 5.08. The first kappa shape index (κ1) is 16.6. The van der Waals surface area contributed by atoms with E-state index in [-0.39, 0.29) is 0 Å². The molecule has 0 amide bonds. The van der Waals surface area contributed by atoms with Crippen molar-refractivity contribution >= 4 is 5.69 Å². The van der Waals surface area contributed by atoms with Crippen LogP contribution in [0.5, 0.6) is 0 Å². The fourth-order valence-corrected chi connectivity index (χ4v) is 3.83. The predicted molar refractivity (Wildman–Crippen MR) is 100 cm³/mol. The second kappa shape index (κ2) is 7.58. The lowest BCUT2D eigenvalue weighted by Gasteiger charge is -2.36. The maximum atomic E-state index is 5.58. The number of aryl methyl sites for hydroxylation is 2. The van der Waals surface area contributed by atoms with Gasteiger partial charge in [0.1, 0.15) is 0 Å². The summed E-state index contributed by atoms with van der Waals surface area (Å²) < 4.78 is 5.58. The van der Waals surface area contributed by atoms with E-state index in [1.165, 1.54) is 34.6 Å². The summed E-state index contributed by atoms with van der Waals surface area (Å²) >= 11 is 0. The molecule has 0 unspecified atom stereocenters. The van der Waals surface area contributed by atoms with Crippen LogP contribution in [-0.4, -0.2) is 54.4 Å². The Bertz CT molecular complexity index is 686. The van der Waals surface area contributed by atoms with E-state index in [0.29, 0.717) is 0 Å². The molecular formula is C20H28N4O. The molecule has 0 aliphatic carbocycles.